The minimum atomic E-state index is -2.86. The van der Waals surface area contributed by atoms with Crippen molar-refractivity contribution in [2.75, 3.05) is 37.7 Å². The van der Waals surface area contributed by atoms with Crippen molar-refractivity contribution in [1.29, 1.82) is 0 Å². The minimum absolute atomic E-state index is 0.0280. The summed E-state index contributed by atoms with van der Waals surface area (Å²) >= 11 is 0. The topological polar surface area (TPSA) is 84.7 Å². The van der Waals surface area contributed by atoms with Gasteiger partial charge in [0.25, 0.3) is 0 Å². The molecule has 1 aromatic heterocycles. The zero-order valence-electron chi connectivity index (χ0n) is 17.3. The van der Waals surface area contributed by atoms with E-state index in [1.165, 1.54) is 0 Å². The lowest BCUT2D eigenvalue weighted by atomic mass is 10.00. The Kier molecular flexibility index (Phi) is 6.05. The molecule has 1 aromatic rings. The molecule has 0 aromatic carbocycles. The molecule has 0 radical (unpaired) electrons. The molecule has 9 heteroatoms. The van der Waals surface area contributed by atoms with Crippen molar-refractivity contribution in [3.05, 3.63) is 18.2 Å². The van der Waals surface area contributed by atoms with Crippen molar-refractivity contribution in [2.45, 2.75) is 45.3 Å². The molecular formula is C19H32N4O4S. The lowest BCUT2D eigenvalue weighted by Crippen LogP contribution is -2.53. The van der Waals surface area contributed by atoms with Crippen molar-refractivity contribution in [1.82, 2.24) is 19.4 Å². The van der Waals surface area contributed by atoms with E-state index in [9.17, 15) is 13.2 Å². The van der Waals surface area contributed by atoms with Gasteiger partial charge in [-0.1, -0.05) is 0 Å². The van der Waals surface area contributed by atoms with Crippen molar-refractivity contribution < 1.29 is 17.9 Å². The Hall–Kier alpha value is -1.61. The molecule has 3 heterocycles. The Morgan fingerprint density at radius 2 is 1.93 bits per heavy atom. The molecule has 0 bridgehead atoms. The monoisotopic (exact) mass is 412 g/mol. The fraction of sp³-hybridized carbons (Fsp3) is 0.789. The number of imidazole rings is 1. The van der Waals surface area contributed by atoms with Crippen LogP contribution in [0, 0.1) is 5.92 Å². The van der Waals surface area contributed by atoms with Gasteiger partial charge in [-0.15, -0.1) is 0 Å². The Morgan fingerprint density at radius 3 is 2.50 bits per heavy atom. The van der Waals surface area contributed by atoms with Crippen LogP contribution in [0.25, 0.3) is 0 Å². The Bertz CT molecular complexity index is 785. The molecule has 0 saturated carbocycles. The van der Waals surface area contributed by atoms with Crippen LogP contribution in [0.5, 0.6) is 0 Å². The summed E-state index contributed by atoms with van der Waals surface area (Å²) in [6, 6.07) is -0.0280. The first-order valence-electron chi connectivity index (χ1n) is 9.94. The molecule has 0 aliphatic carbocycles. The normalized spacial score (nSPS) is 24.3. The second kappa shape index (κ2) is 8.02. The first kappa shape index (κ1) is 21.1. The average Bonchev–Trinajstić information content (AvgIpc) is 3.01. The molecule has 0 spiro atoms. The van der Waals surface area contributed by atoms with Crippen molar-refractivity contribution >= 4 is 15.9 Å². The van der Waals surface area contributed by atoms with Gasteiger partial charge in [0.1, 0.15) is 21.3 Å². The number of nitrogens with zero attached hydrogens (tertiary/aromatic N) is 4. The van der Waals surface area contributed by atoms with E-state index in [-0.39, 0.29) is 23.6 Å². The summed E-state index contributed by atoms with van der Waals surface area (Å²) in [5.74, 6) is 1.83. The van der Waals surface area contributed by atoms with E-state index in [4.69, 9.17) is 4.74 Å². The highest BCUT2D eigenvalue weighted by molar-refractivity contribution is 7.91. The van der Waals surface area contributed by atoms with Crippen LogP contribution in [0.2, 0.25) is 0 Å². The second-order valence-electron chi connectivity index (χ2n) is 8.93. The van der Waals surface area contributed by atoms with Crippen LogP contribution in [0.3, 0.4) is 0 Å². The highest BCUT2D eigenvalue weighted by Crippen LogP contribution is 2.29. The highest BCUT2D eigenvalue weighted by atomic mass is 32.2. The number of piperazine rings is 1. The molecule has 1 atom stereocenters. The number of carbonyl (C=O) groups excluding carboxylic acids is 1. The van der Waals surface area contributed by atoms with E-state index in [0.717, 1.165) is 18.9 Å². The van der Waals surface area contributed by atoms with Crippen molar-refractivity contribution in [3.63, 3.8) is 0 Å². The second-order valence-corrected chi connectivity index (χ2v) is 11.2. The van der Waals surface area contributed by atoms with Gasteiger partial charge >= 0.3 is 6.09 Å². The fourth-order valence-electron chi connectivity index (χ4n) is 3.93. The van der Waals surface area contributed by atoms with Gasteiger partial charge in [-0.25, -0.2) is 18.2 Å². The number of hydrogen-bond acceptors (Lipinski definition) is 6. The Morgan fingerprint density at radius 1 is 1.25 bits per heavy atom. The van der Waals surface area contributed by atoms with Crippen LogP contribution in [0.1, 0.15) is 45.5 Å². The van der Waals surface area contributed by atoms with E-state index in [2.05, 4.69) is 9.88 Å². The number of aromatic nitrogens is 2. The average molecular weight is 413 g/mol. The van der Waals surface area contributed by atoms with Crippen molar-refractivity contribution in [3.8, 4) is 0 Å². The molecule has 0 unspecified atom stereocenters. The summed E-state index contributed by atoms with van der Waals surface area (Å²) in [6.45, 7) is 8.28. The van der Waals surface area contributed by atoms with E-state index in [1.54, 1.807) is 11.1 Å². The van der Waals surface area contributed by atoms with Crippen molar-refractivity contribution in [2.24, 2.45) is 13.0 Å². The standard InChI is InChI=1S/C19H32N4O4S/c1-19(2,3)27-18(24)23-10-9-22(13-15-5-11-28(25,26)12-6-15)16(14-23)17-20-7-8-21(17)4/h7-8,15-16H,5-6,9-14H2,1-4H3/t16-/m0/s1. The Labute approximate surface area is 167 Å². The summed E-state index contributed by atoms with van der Waals surface area (Å²) in [6.07, 6.45) is 4.81. The third-order valence-electron chi connectivity index (χ3n) is 5.47. The number of carbonyl (C=O) groups is 1. The SMILES string of the molecule is Cn1ccnc1[C@@H]1CN(C(=O)OC(C)(C)C)CCN1CC1CCS(=O)(=O)CC1. The summed E-state index contributed by atoms with van der Waals surface area (Å²) < 4.78 is 31.0. The van der Waals surface area contributed by atoms with Gasteiger partial charge in [0.2, 0.25) is 0 Å². The lowest BCUT2D eigenvalue weighted by molar-refractivity contribution is -0.000872. The quantitative estimate of drug-likeness (QED) is 0.753. The number of hydrogen-bond donors (Lipinski definition) is 0. The zero-order chi connectivity index (χ0) is 20.5. The van der Waals surface area contributed by atoms with Crippen LogP contribution >= 0.6 is 0 Å². The van der Waals surface area contributed by atoms with Gasteiger partial charge in [0.05, 0.1) is 17.5 Å². The predicted octanol–water partition coefficient (Wildman–Crippen LogP) is 1.84. The van der Waals surface area contributed by atoms with Gasteiger partial charge in [0.15, 0.2) is 0 Å². The molecule has 28 heavy (non-hydrogen) atoms. The largest absolute Gasteiger partial charge is 0.444 e. The third kappa shape index (κ3) is 5.26. The summed E-state index contributed by atoms with van der Waals surface area (Å²) in [5.41, 5.74) is -0.527. The third-order valence-corrected chi connectivity index (χ3v) is 7.18. The molecule has 3 rings (SSSR count). The Balaban J connectivity index is 1.72. The van der Waals surface area contributed by atoms with Crippen LogP contribution in [0.15, 0.2) is 12.4 Å². The summed E-state index contributed by atoms with van der Waals surface area (Å²) in [7, 11) is -0.903. The summed E-state index contributed by atoms with van der Waals surface area (Å²) in [4.78, 5) is 21.2. The highest BCUT2D eigenvalue weighted by Gasteiger charge is 2.36. The van der Waals surface area contributed by atoms with Crippen LogP contribution < -0.4 is 0 Å². The van der Waals surface area contributed by atoms with Gasteiger partial charge in [-0.05, 0) is 39.5 Å². The molecule has 2 saturated heterocycles. The minimum Gasteiger partial charge on any atom is -0.444 e. The van der Waals surface area contributed by atoms with Crippen LogP contribution in [-0.2, 0) is 21.6 Å². The maximum absolute atomic E-state index is 12.6. The number of rotatable bonds is 3. The maximum atomic E-state index is 12.6. The van der Waals surface area contributed by atoms with Gasteiger partial charge in [-0.2, -0.15) is 0 Å². The van der Waals surface area contributed by atoms with Gasteiger partial charge < -0.3 is 14.2 Å². The van der Waals surface area contributed by atoms with E-state index >= 15 is 0 Å². The first-order valence-corrected chi connectivity index (χ1v) is 11.8. The number of amides is 1. The molecule has 8 nitrogen and oxygen atoms in total. The smallest absolute Gasteiger partial charge is 0.410 e. The van der Waals surface area contributed by atoms with E-state index < -0.39 is 15.4 Å². The fourth-order valence-corrected chi connectivity index (χ4v) is 5.52. The molecular weight excluding hydrogens is 380 g/mol. The summed E-state index contributed by atoms with van der Waals surface area (Å²) in [5, 5.41) is 0. The number of sulfone groups is 1. The van der Waals surface area contributed by atoms with Crippen LogP contribution in [-0.4, -0.2) is 77.1 Å². The molecule has 1 amide bonds. The first-order chi connectivity index (χ1) is 13.0. The molecule has 2 fully saturated rings. The van der Waals surface area contributed by atoms with Crippen LogP contribution in [0.4, 0.5) is 4.79 Å². The van der Waals surface area contributed by atoms with E-state index in [1.807, 2.05) is 38.6 Å². The molecule has 2 aliphatic heterocycles. The molecule has 0 N–H and O–H groups in total. The molecule has 2 aliphatic rings. The number of ether oxygens (including phenoxy) is 1. The zero-order valence-corrected chi connectivity index (χ0v) is 18.1. The number of aryl methyl sites for hydroxylation is 1. The van der Waals surface area contributed by atoms with Gasteiger partial charge in [-0.3, -0.25) is 4.90 Å². The van der Waals surface area contributed by atoms with E-state index in [0.29, 0.717) is 31.8 Å². The maximum Gasteiger partial charge on any atom is 0.410 e. The van der Waals surface area contributed by atoms with Gasteiger partial charge in [0, 0.05) is 45.6 Å². The predicted molar refractivity (Wildman–Crippen MR) is 107 cm³/mol. The molecule has 158 valence electrons. The lowest BCUT2D eigenvalue weighted by Gasteiger charge is -2.42.